The fourth-order valence-corrected chi connectivity index (χ4v) is 1.97. The molecule has 0 spiro atoms. The lowest BCUT2D eigenvalue weighted by atomic mass is 9.96. The summed E-state index contributed by atoms with van der Waals surface area (Å²) in [6.07, 6.45) is 0. The van der Waals surface area contributed by atoms with Gasteiger partial charge in [-0.2, -0.15) is 0 Å². The van der Waals surface area contributed by atoms with Crippen LogP contribution in [-0.4, -0.2) is 39.6 Å². The highest BCUT2D eigenvalue weighted by Crippen LogP contribution is 2.25. The molecular formula is C10H10Cl2N2O2. The minimum absolute atomic E-state index is 0.129. The molecule has 0 bridgehead atoms. The fraction of sp³-hybridized carbons (Fsp3) is 0.400. The summed E-state index contributed by atoms with van der Waals surface area (Å²) < 4.78 is 0. The number of β-amino-alcohol motifs (C(OH)–C–C–N with tert-alkyl or cyclic N) is 1. The van der Waals surface area contributed by atoms with Crippen LogP contribution in [0.25, 0.3) is 0 Å². The van der Waals surface area contributed by atoms with E-state index in [1.54, 1.807) is 6.92 Å². The third-order valence-electron chi connectivity index (χ3n) is 2.36. The van der Waals surface area contributed by atoms with Crippen molar-refractivity contribution in [1.29, 1.82) is 0 Å². The Morgan fingerprint density at radius 2 is 2.12 bits per heavy atom. The highest BCUT2D eigenvalue weighted by atomic mass is 35.5. The van der Waals surface area contributed by atoms with Gasteiger partial charge in [-0.1, -0.05) is 23.2 Å². The summed E-state index contributed by atoms with van der Waals surface area (Å²) >= 11 is 11.5. The predicted octanol–water partition coefficient (Wildman–Crippen LogP) is 1.60. The van der Waals surface area contributed by atoms with Crippen molar-refractivity contribution in [3.63, 3.8) is 0 Å². The van der Waals surface area contributed by atoms with Gasteiger partial charge in [0.15, 0.2) is 0 Å². The lowest BCUT2D eigenvalue weighted by molar-refractivity contribution is -0.0670. The molecule has 2 heterocycles. The second-order valence-corrected chi connectivity index (χ2v) is 4.92. The van der Waals surface area contributed by atoms with Crippen molar-refractivity contribution < 1.29 is 9.90 Å². The maximum absolute atomic E-state index is 11.9. The first-order chi connectivity index (χ1) is 7.39. The van der Waals surface area contributed by atoms with E-state index >= 15 is 0 Å². The normalized spacial score (nSPS) is 18.1. The first-order valence-electron chi connectivity index (χ1n) is 4.73. The third-order valence-corrected chi connectivity index (χ3v) is 2.88. The molecule has 1 aliphatic rings. The Kier molecular flexibility index (Phi) is 2.82. The fourth-order valence-electron chi connectivity index (χ4n) is 1.64. The zero-order valence-corrected chi connectivity index (χ0v) is 10.1. The molecule has 2 rings (SSSR count). The van der Waals surface area contributed by atoms with Gasteiger partial charge in [-0.25, -0.2) is 4.98 Å². The zero-order valence-electron chi connectivity index (χ0n) is 8.57. The lowest BCUT2D eigenvalue weighted by Crippen LogP contribution is -2.61. The van der Waals surface area contributed by atoms with Crippen LogP contribution in [-0.2, 0) is 0 Å². The van der Waals surface area contributed by atoms with Crippen LogP contribution in [0, 0.1) is 0 Å². The number of aliphatic hydroxyl groups is 1. The topological polar surface area (TPSA) is 53.4 Å². The molecule has 0 unspecified atom stereocenters. The Morgan fingerprint density at radius 1 is 1.50 bits per heavy atom. The second-order valence-electron chi connectivity index (χ2n) is 4.12. The van der Waals surface area contributed by atoms with Gasteiger partial charge in [0.1, 0.15) is 10.8 Å². The molecule has 86 valence electrons. The molecular weight excluding hydrogens is 251 g/mol. The van der Waals surface area contributed by atoms with Gasteiger partial charge in [-0.05, 0) is 19.1 Å². The van der Waals surface area contributed by atoms with Crippen molar-refractivity contribution in [2.45, 2.75) is 12.5 Å². The summed E-state index contributed by atoms with van der Waals surface area (Å²) in [5, 5.41) is 10.0. The number of halogens is 2. The van der Waals surface area contributed by atoms with Crippen LogP contribution in [0.5, 0.6) is 0 Å². The number of rotatable bonds is 1. The monoisotopic (exact) mass is 260 g/mol. The van der Waals surface area contributed by atoms with Crippen molar-refractivity contribution >= 4 is 29.1 Å². The molecule has 1 saturated heterocycles. The number of hydrogen-bond acceptors (Lipinski definition) is 3. The second kappa shape index (κ2) is 3.87. The van der Waals surface area contributed by atoms with E-state index in [-0.39, 0.29) is 34.9 Å². The average Bonchev–Trinajstić information content (AvgIpc) is 2.17. The molecule has 16 heavy (non-hydrogen) atoms. The molecule has 0 radical (unpaired) electrons. The first-order valence-corrected chi connectivity index (χ1v) is 5.48. The summed E-state index contributed by atoms with van der Waals surface area (Å²) in [4.78, 5) is 17.3. The van der Waals surface area contributed by atoms with E-state index in [0.717, 1.165) is 0 Å². The number of amides is 1. The molecule has 1 aliphatic heterocycles. The molecule has 1 N–H and O–H groups in total. The van der Waals surface area contributed by atoms with Gasteiger partial charge >= 0.3 is 0 Å². The quantitative estimate of drug-likeness (QED) is 0.781. The standard InChI is InChI=1S/C10H10Cl2N2O2/c1-10(16)4-14(5-10)9(15)8-6(11)2-3-7(12)13-8/h2-3,16H,4-5H2,1H3. The van der Waals surface area contributed by atoms with E-state index in [1.807, 2.05) is 0 Å². The van der Waals surface area contributed by atoms with Crippen molar-refractivity contribution in [3.8, 4) is 0 Å². The van der Waals surface area contributed by atoms with Gasteiger partial charge in [0, 0.05) is 0 Å². The van der Waals surface area contributed by atoms with Gasteiger partial charge in [0.2, 0.25) is 0 Å². The van der Waals surface area contributed by atoms with E-state index in [9.17, 15) is 9.90 Å². The molecule has 0 aliphatic carbocycles. The summed E-state index contributed by atoms with van der Waals surface area (Å²) in [7, 11) is 0. The number of aromatic nitrogens is 1. The number of carbonyl (C=O) groups is 1. The Hall–Kier alpha value is -0.840. The Balaban J connectivity index is 2.19. The molecule has 1 aromatic rings. The average molecular weight is 261 g/mol. The largest absolute Gasteiger partial charge is 0.386 e. The molecule has 0 aromatic carbocycles. The van der Waals surface area contributed by atoms with Crippen molar-refractivity contribution in [1.82, 2.24) is 9.88 Å². The van der Waals surface area contributed by atoms with Gasteiger partial charge in [-0.15, -0.1) is 0 Å². The number of pyridine rings is 1. The van der Waals surface area contributed by atoms with Gasteiger partial charge in [0.25, 0.3) is 5.91 Å². The Bertz CT molecular complexity index is 440. The van der Waals surface area contributed by atoms with Crippen molar-refractivity contribution in [2.75, 3.05) is 13.1 Å². The van der Waals surface area contributed by atoms with E-state index in [4.69, 9.17) is 23.2 Å². The van der Waals surface area contributed by atoms with Crippen LogP contribution in [0.15, 0.2) is 12.1 Å². The van der Waals surface area contributed by atoms with E-state index in [0.29, 0.717) is 0 Å². The number of hydrogen-bond donors (Lipinski definition) is 1. The van der Waals surface area contributed by atoms with Gasteiger partial charge in [0.05, 0.1) is 23.7 Å². The van der Waals surface area contributed by atoms with Crippen LogP contribution in [0.3, 0.4) is 0 Å². The maximum Gasteiger partial charge on any atom is 0.274 e. The summed E-state index contributed by atoms with van der Waals surface area (Å²) in [5.41, 5.74) is -0.676. The lowest BCUT2D eigenvalue weighted by Gasteiger charge is -2.43. The molecule has 1 aromatic heterocycles. The Morgan fingerprint density at radius 3 is 2.69 bits per heavy atom. The number of likely N-dealkylation sites (tertiary alicyclic amines) is 1. The smallest absolute Gasteiger partial charge is 0.274 e. The highest BCUT2D eigenvalue weighted by molar-refractivity contribution is 6.34. The zero-order chi connectivity index (χ0) is 11.9. The van der Waals surface area contributed by atoms with Gasteiger partial charge in [-0.3, -0.25) is 4.79 Å². The van der Waals surface area contributed by atoms with E-state index in [2.05, 4.69) is 4.98 Å². The summed E-state index contributed by atoms with van der Waals surface area (Å²) in [5.74, 6) is -0.306. The number of nitrogens with zero attached hydrogens (tertiary/aromatic N) is 2. The van der Waals surface area contributed by atoms with Crippen LogP contribution >= 0.6 is 23.2 Å². The van der Waals surface area contributed by atoms with Crippen LogP contribution in [0.2, 0.25) is 10.2 Å². The van der Waals surface area contributed by atoms with Crippen LogP contribution in [0.1, 0.15) is 17.4 Å². The SMILES string of the molecule is CC1(O)CN(C(=O)c2nc(Cl)ccc2Cl)C1. The summed E-state index contributed by atoms with van der Waals surface area (Å²) in [6.45, 7) is 2.25. The molecule has 1 amide bonds. The molecule has 0 saturated carbocycles. The first kappa shape index (κ1) is 11.6. The van der Waals surface area contributed by atoms with Gasteiger partial charge < -0.3 is 10.0 Å². The predicted molar refractivity (Wildman–Crippen MR) is 60.8 cm³/mol. The molecule has 4 nitrogen and oxygen atoms in total. The van der Waals surface area contributed by atoms with E-state index < -0.39 is 5.60 Å². The minimum Gasteiger partial charge on any atom is -0.386 e. The third kappa shape index (κ3) is 2.14. The van der Waals surface area contributed by atoms with Crippen molar-refractivity contribution in [3.05, 3.63) is 28.0 Å². The molecule has 1 fully saturated rings. The molecule has 6 heteroatoms. The van der Waals surface area contributed by atoms with E-state index in [1.165, 1.54) is 17.0 Å². The highest BCUT2D eigenvalue weighted by Gasteiger charge is 2.40. The maximum atomic E-state index is 11.9. The van der Waals surface area contributed by atoms with Crippen LogP contribution < -0.4 is 0 Å². The summed E-state index contributed by atoms with van der Waals surface area (Å²) in [6, 6.07) is 3.05. The number of carbonyl (C=O) groups excluding carboxylic acids is 1. The molecule has 0 atom stereocenters. The van der Waals surface area contributed by atoms with Crippen molar-refractivity contribution in [2.24, 2.45) is 0 Å². The Labute approximate surface area is 103 Å². The van der Waals surface area contributed by atoms with Crippen LogP contribution in [0.4, 0.5) is 0 Å². The minimum atomic E-state index is -0.805.